The van der Waals surface area contributed by atoms with Crippen LogP contribution in [-0.4, -0.2) is 33.4 Å². The number of hydrogen-bond acceptors (Lipinski definition) is 5. The first kappa shape index (κ1) is 33.9. The molecule has 1 atom stereocenters. The summed E-state index contributed by atoms with van der Waals surface area (Å²) in [4.78, 5) is 31.8. The van der Waals surface area contributed by atoms with Crippen LogP contribution >= 0.6 is 0 Å². The molecule has 0 radical (unpaired) electrons. The molecular weight excluding hydrogens is 587 g/mol. The SMILES string of the molecule is CCCCCCCCCCCCCCN(C(=O)C1Cc2cccnc2N1c1cc(C(F)(F)F)cc(C)n1)c1ccc2c(n1)CCC2. The molecule has 6 nitrogen and oxygen atoms in total. The zero-order chi connectivity index (χ0) is 32.5. The van der Waals surface area contributed by atoms with Crippen LogP contribution in [-0.2, 0) is 30.2 Å². The van der Waals surface area contributed by atoms with Gasteiger partial charge in [0.05, 0.1) is 5.56 Å². The maximum absolute atomic E-state index is 14.6. The monoisotopic (exact) mass is 635 g/mol. The zero-order valence-electron chi connectivity index (χ0n) is 27.4. The van der Waals surface area contributed by atoms with Crippen molar-refractivity contribution < 1.29 is 18.0 Å². The molecule has 0 saturated heterocycles. The van der Waals surface area contributed by atoms with Gasteiger partial charge in [-0.3, -0.25) is 14.6 Å². The van der Waals surface area contributed by atoms with E-state index in [1.54, 1.807) is 29.0 Å². The van der Waals surface area contributed by atoms with E-state index in [1.165, 1.54) is 63.4 Å². The predicted octanol–water partition coefficient (Wildman–Crippen LogP) is 9.48. The molecule has 1 unspecified atom stereocenters. The van der Waals surface area contributed by atoms with Gasteiger partial charge in [0.25, 0.3) is 5.91 Å². The highest BCUT2D eigenvalue weighted by Crippen LogP contribution is 2.40. The van der Waals surface area contributed by atoms with Crippen molar-refractivity contribution in [3.8, 4) is 0 Å². The number of unbranched alkanes of at least 4 members (excludes halogenated alkanes) is 11. The zero-order valence-corrected chi connectivity index (χ0v) is 27.4. The van der Waals surface area contributed by atoms with Crippen LogP contribution in [0.3, 0.4) is 0 Å². The van der Waals surface area contributed by atoms with E-state index >= 15 is 0 Å². The van der Waals surface area contributed by atoms with E-state index in [-0.39, 0.29) is 17.4 Å². The quantitative estimate of drug-likeness (QED) is 0.147. The van der Waals surface area contributed by atoms with E-state index in [4.69, 9.17) is 4.98 Å². The molecule has 248 valence electrons. The van der Waals surface area contributed by atoms with Crippen molar-refractivity contribution >= 4 is 23.4 Å². The molecule has 0 aromatic carbocycles. The molecule has 9 heteroatoms. The fourth-order valence-corrected chi connectivity index (χ4v) is 6.85. The first-order chi connectivity index (χ1) is 22.3. The lowest BCUT2D eigenvalue weighted by molar-refractivity contribution is -0.137. The van der Waals surface area contributed by atoms with E-state index < -0.39 is 17.8 Å². The minimum atomic E-state index is -4.54. The van der Waals surface area contributed by atoms with E-state index in [1.807, 2.05) is 12.1 Å². The highest BCUT2D eigenvalue weighted by atomic mass is 19.4. The number of fused-ring (bicyclic) bond motifs is 2. The number of pyridine rings is 3. The Kier molecular flexibility index (Phi) is 11.7. The van der Waals surface area contributed by atoms with Gasteiger partial charge >= 0.3 is 6.18 Å². The fourth-order valence-electron chi connectivity index (χ4n) is 6.85. The number of rotatable bonds is 16. The summed E-state index contributed by atoms with van der Waals surface area (Å²) in [5.41, 5.74) is 2.51. The number of carbonyl (C=O) groups is 1. The number of halogens is 3. The third-order valence-corrected chi connectivity index (χ3v) is 9.31. The number of aryl methyl sites for hydroxylation is 3. The van der Waals surface area contributed by atoms with Crippen LogP contribution in [0.2, 0.25) is 0 Å². The van der Waals surface area contributed by atoms with Crippen molar-refractivity contribution in [1.29, 1.82) is 0 Å². The van der Waals surface area contributed by atoms with Gasteiger partial charge in [-0.25, -0.2) is 15.0 Å². The molecule has 3 aromatic rings. The predicted molar refractivity (Wildman–Crippen MR) is 178 cm³/mol. The van der Waals surface area contributed by atoms with Crippen LogP contribution in [0.25, 0.3) is 0 Å². The Morgan fingerprint density at radius 1 is 0.891 bits per heavy atom. The molecule has 5 rings (SSSR count). The summed E-state index contributed by atoms with van der Waals surface area (Å²) in [7, 11) is 0. The third kappa shape index (κ3) is 8.45. The maximum Gasteiger partial charge on any atom is 0.416 e. The van der Waals surface area contributed by atoms with E-state index in [9.17, 15) is 18.0 Å². The molecule has 0 N–H and O–H groups in total. The first-order valence-electron chi connectivity index (χ1n) is 17.4. The van der Waals surface area contributed by atoms with Crippen LogP contribution in [0.15, 0.2) is 42.6 Å². The van der Waals surface area contributed by atoms with Gasteiger partial charge in [0.15, 0.2) is 0 Å². The lowest BCUT2D eigenvalue weighted by Crippen LogP contribution is -2.47. The van der Waals surface area contributed by atoms with Gasteiger partial charge in [0.2, 0.25) is 0 Å². The van der Waals surface area contributed by atoms with E-state index in [0.29, 0.717) is 24.6 Å². The van der Waals surface area contributed by atoms with Gasteiger partial charge in [-0.15, -0.1) is 0 Å². The number of nitrogens with zero attached hydrogens (tertiary/aromatic N) is 5. The van der Waals surface area contributed by atoms with Gasteiger partial charge in [-0.05, 0) is 68.0 Å². The fraction of sp³-hybridized carbons (Fsp3) is 0.568. The molecule has 0 saturated carbocycles. The molecule has 1 amide bonds. The Morgan fingerprint density at radius 2 is 1.59 bits per heavy atom. The van der Waals surface area contributed by atoms with Crippen LogP contribution in [0.1, 0.15) is 118 Å². The summed E-state index contributed by atoms with van der Waals surface area (Å²) in [5, 5.41) is 0. The third-order valence-electron chi connectivity index (χ3n) is 9.31. The first-order valence-corrected chi connectivity index (χ1v) is 17.4. The van der Waals surface area contributed by atoms with Crippen molar-refractivity contribution in [2.24, 2.45) is 0 Å². The number of hydrogen-bond donors (Lipinski definition) is 0. The lowest BCUT2D eigenvalue weighted by Gasteiger charge is -2.31. The topological polar surface area (TPSA) is 62.2 Å². The van der Waals surface area contributed by atoms with Crippen molar-refractivity contribution in [3.63, 3.8) is 0 Å². The lowest BCUT2D eigenvalue weighted by atomic mass is 10.0. The highest BCUT2D eigenvalue weighted by Gasteiger charge is 2.41. The Hall–Kier alpha value is -3.49. The summed E-state index contributed by atoms with van der Waals surface area (Å²) >= 11 is 0. The second kappa shape index (κ2) is 15.9. The highest BCUT2D eigenvalue weighted by molar-refractivity contribution is 6.01. The van der Waals surface area contributed by atoms with Crippen LogP contribution in [0.4, 0.5) is 30.6 Å². The molecule has 1 aliphatic carbocycles. The molecule has 1 aliphatic heterocycles. The summed E-state index contributed by atoms with van der Waals surface area (Å²) in [6, 6.07) is 8.96. The average molecular weight is 636 g/mol. The molecule has 0 fully saturated rings. The molecule has 4 heterocycles. The number of carbonyl (C=O) groups excluding carboxylic acids is 1. The van der Waals surface area contributed by atoms with Crippen molar-refractivity contribution in [2.45, 2.75) is 129 Å². The second-order valence-electron chi connectivity index (χ2n) is 12.9. The van der Waals surface area contributed by atoms with Gasteiger partial charge in [-0.2, -0.15) is 13.2 Å². The molecule has 0 spiro atoms. The summed E-state index contributed by atoms with van der Waals surface area (Å²) in [6.45, 7) is 4.29. The van der Waals surface area contributed by atoms with E-state index in [2.05, 4.69) is 23.0 Å². The van der Waals surface area contributed by atoms with Crippen molar-refractivity contribution in [2.75, 3.05) is 16.3 Å². The standard InChI is InChI=1S/C37H48F3N5O/c1-3-4-5-6-7-8-9-10-11-12-13-14-23-44(33-21-20-28-17-15-19-31(28)43-33)36(46)32-25-29-18-16-22-41-35(29)45(32)34-26-30(37(38,39)40)24-27(2)42-34/h16,18,20-22,24,26,32H,3-15,17,19,23,25H2,1-2H3. The summed E-state index contributed by atoms with van der Waals surface area (Å²) < 4.78 is 41.5. The van der Waals surface area contributed by atoms with Crippen LogP contribution in [0.5, 0.6) is 0 Å². The molecular formula is C37H48F3N5O. The van der Waals surface area contributed by atoms with Gasteiger partial charge in [-0.1, -0.05) is 89.7 Å². The molecule has 2 aliphatic rings. The van der Waals surface area contributed by atoms with Gasteiger partial charge < -0.3 is 0 Å². The molecule has 46 heavy (non-hydrogen) atoms. The van der Waals surface area contributed by atoms with Crippen LogP contribution < -0.4 is 9.80 Å². The average Bonchev–Trinajstić information content (AvgIpc) is 3.67. The Labute approximate surface area is 271 Å². The van der Waals surface area contributed by atoms with Crippen molar-refractivity contribution in [3.05, 3.63) is 70.7 Å². The Balaban J connectivity index is 1.31. The number of anilines is 3. The van der Waals surface area contributed by atoms with Crippen molar-refractivity contribution in [1.82, 2.24) is 15.0 Å². The normalized spacial score (nSPS) is 15.7. The number of alkyl halides is 3. The van der Waals surface area contributed by atoms with E-state index in [0.717, 1.165) is 61.9 Å². The maximum atomic E-state index is 14.6. The number of aromatic nitrogens is 3. The number of amides is 1. The van der Waals surface area contributed by atoms with Gasteiger partial charge in [0, 0.05) is 30.6 Å². The van der Waals surface area contributed by atoms with Gasteiger partial charge in [0.1, 0.15) is 23.5 Å². The van der Waals surface area contributed by atoms with Crippen LogP contribution in [0, 0.1) is 6.92 Å². The summed E-state index contributed by atoms with van der Waals surface area (Å²) in [6.07, 6.45) is 15.0. The smallest absolute Gasteiger partial charge is 0.298 e. The minimum Gasteiger partial charge on any atom is -0.298 e. The Bertz CT molecular complexity index is 1460. The summed E-state index contributed by atoms with van der Waals surface area (Å²) in [5.74, 6) is 0.976. The largest absolute Gasteiger partial charge is 0.416 e. The second-order valence-corrected chi connectivity index (χ2v) is 12.9. The Morgan fingerprint density at radius 3 is 2.28 bits per heavy atom. The minimum absolute atomic E-state index is 0.0790. The molecule has 3 aromatic heterocycles. The molecule has 0 bridgehead atoms.